The lowest BCUT2D eigenvalue weighted by molar-refractivity contribution is -0.168. The number of hydrogen-bond donors (Lipinski definition) is 1. The van der Waals surface area contributed by atoms with Gasteiger partial charge in [-0.1, -0.05) is 30.5 Å². The first-order valence-electron chi connectivity index (χ1n) is 6.72. The SMILES string of the molecule is C=C1C(C#N)=C(N)SC2=C(C(C(F)(F)F)CC=C2)N1C(C)C. The van der Waals surface area contributed by atoms with Crippen molar-refractivity contribution >= 4 is 11.8 Å². The van der Waals surface area contributed by atoms with Crippen LogP contribution in [0.15, 0.2) is 45.6 Å². The second kappa shape index (κ2) is 5.76. The summed E-state index contributed by atoms with van der Waals surface area (Å²) in [5, 5.41) is 9.44. The molecule has 7 heteroatoms. The van der Waals surface area contributed by atoms with Gasteiger partial charge >= 0.3 is 6.18 Å². The van der Waals surface area contributed by atoms with E-state index in [1.54, 1.807) is 19.9 Å². The molecular formula is C15H16F3N3S. The molecule has 0 spiro atoms. The van der Waals surface area contributed by atoms with E-state index in [0.29, 0.717) is 4.91 Å². The lowest BCUT2D eigenvalue weighted by Crippen LogP contribution is -2.39. The molecule has 2 aliphatic rings. The number of nitriles is 1. The fraction of sp³-hybridized carbons (Fsp3) is 0.400. The predicted molar refractivity (Wildman–Crippen MR) is 80.9 cm³/mol. The van der Waals surface area contributed by atoms with Crippen molar-refractivity contribution < 1.29 is 13.2 Å². The van der Waals surface area contributed by atoms with Crippen LogP contribution in [0, 0.1) is 17.2 Å². The second-order valence-electron chi connectivity index (χ2n) is 5.35. The van der Waals surface area contributed by atoms with Gasteiger partial charge in [-0.3, -0.25) is 0 Å². The molecule has 0 fully saturated rings. The molecule has 1 atom stereocenters. The molecule has 118 valence electrons. The van der Waals surface area contributed by atoms with Crippen LogP contribution in [0.3, 0.4) is 0 Å². The van der Waals surface area contributed by atoms with Gasteiger partial charge in [0.1, 0.15) is 11.6 Å². The topological polar surface area (TPSA) is 53.1 Å². The molecular weight excluding hydrogens is 311 g/mol. The van der Waals surface area contributed by atoms with Gasteiger partial charge in [0.2, 0.25) is 0 Å². The van der Waals surface area contributed by atoms with Crippen LogP contribution in [-0.4, -0.2) is 17.1 Å². The Balaban J connectivity index is 2.66. The Labute approximate surface area is 131 Å². The summed E-state index contributed by atoms with van der Waals surface area (Å²) in [6, 6.07) is 1.68. The zero-order valence-corrected chi connectivity index (χ0v) is 13.1. The highest BCUT2D eigenvalue weighted by atomic mass is 32.2. The van der Waals surface area contributed by atoms with E-state index in [4.69, 9.17) is 5.73 Å². The molecule has 2 rings (SSSR count). The van der Waals surface area contributed by atoms with Crippen LogP contribution in [0.2, 0.25) is 0 Å². The van der Waals surface area contributed by atoms with Crippen LogP contribution in [0.25, 0.3) is 0 Å². The van der Waals surface area contributed by atoms with E-state index in [1.165, 1.54) is 11.0 Å². The minimum absolute atomic E-state index is 0.124. The summed E-state index contributed by atoms with van der Waals surface area (Å²) < 4.78 is 40.3. The zero-order chi connectivity index (χ0) is 16.7. The lowest BCUT2D eigenvalue weighted by atomic mass is 9.93. The molecule has 0 amide bonds. The highest BCUT2D eigenvalue weighted by Crippen LogP contribution is 2.48. The van der Waals surface area contributed by atoms with E-state index in [2.05, 4.69) is 6.58 Å². The molecule has 0 aromatic heterocycles. The molecule has 0 bridgehead atoms. The third-order valence-electron chi connectivity index (χ3n) is 3.55. The monoisotopic (exact) mass is 327 g/mol. The summed E-state index contributed by atoms with van der Waals surface area (Å²) in [6.07, 6.45) is -1.36. The molecule has 1 heterocycles. The molecule has 0 aromatic rings. The van der Waals surface area contributed by atoms with Gasteiger partial charge in [0.25, 0.3) is 0 Å². The van der Waals surface area contributed by atoms with Crippen LogP contribution in [-0.2, 0) is 0 Å². The number of allylic oxidation sites excluding steroid dienone is 4. The Kier molecular flexibility index (Phi) is 4.34. The molecule has 1 unspecified atom stereocenters. The van der Waals surface area contributed by atoms with E-state index < -0.39 is 12.1 Å². The lowest BCUT2D eigenvalue weighted by Gasteiger charge is -2.38. The average molecular weight is 327 g/mol. The fourth-order valence-electron chi connectivity index (χ4n) is 2.63. The summed E-state index contributed by atoms with van der Waals surface area (Å²) in [5.74, 6) is -1.62. The maximum absolute atomic E-state index is 13.4. The van der Waals surface area contributed by atoms with Crippen molar-refractivity contribution in [2.45, 2.75) is 32.5 Å². The van der Waals surface area contributed by atoms with Crippen LogP contribution in [0.5, 0.6) is 0 Å². The summed E-state index contributed by atoms with van der Waals surface area (Å²) in [4.78, 5) is 1.91. The quantitative estimate of drug-likeness (QED) is 0.791. The number of halogens is 3. The van der Waals surface area contributed by atoms with Crippen LogP contribution < -0.4 is 5.73 Å². The van der Waals surface area contributed by atoms with Gasteiger partial charge < -0.3 is 10.6 Å². The van der Waals surface area contributed by atoms with Gasteiger partial charge in [-0.05, 0) is 20.3 Å². The maximum Gasteiger partial charge on any atom is 0.397 e. The van der Waals surface area contributed by atoms with E-state index in [9.17, 15) is 18.4 Å². The van der Waals surface area contributed by atoms with Gasteiger partial charge in [-0.15, -0.1) is 0 Å². The Morgan fingerprint density at radius 2 is 2.14 bits per heavy atom. The molecule has 1 aliphatic heterocycles. The predicted octanol–water partition coefficient (Wildman–Crippen LogP) is 4.00. The fourth-order valence-corrected chi connectivity index (χ4v) is 3.64. The van der Waals surface area contributed by atoms with Crippen molar-refractivity contribution in [1.82, 2.24) is 4.90 Å². The van der Waals surface area contributed by atoms with Crippen molar-refractivity contribution in [2.24, 2.45) is 11.7 Å². The number of alkyl halides is 3. The molecule has 1 aliphatic carbocycles. The van der Waals surface area contributed by atoms with Gasteiger partial charge in [0, 0.05) is 16.6 Å². The van der Waals surface area contributed by atoms with Crippen LogP contribution in [0.4, 0.5) is 13.2 Å². The van der Waals surface area contributed by atoms with E-state index in [1.807, 2.05) is 6.07 Å². The molecule has 2 N–H and O–H groups in total. The van der Waals surface area contributed by atoms with Gasteiger partial charge in [0.15, 0.2) is 0 Å². The molecule has 0 saturated carbocycles. The van der Waals surface area contributed by atoms with Crippen molar-refractivity contribution in [3.8, 4) is 6.07 Å². The van der Waals surface area contributed by atoms with E-state index in [-0.39, 0.29) is 34.5 Å². The first-order valence-corrected chi connectivity index (χ1v) is 7.53. The van der Waals surface area contributed by atoms with Crippen molar-refractivity contribution in [3.63, 3.8) is 0 Å². The van der Waals surface area contributed by atoms with Crippen molar-refractivity contribution in [3.05, 3.63) is 45.6 Å². The van der Waals surface area contributed by atoms with Crippen LogP contribution in [0.1, 0.15) is 20.3 Å². The third kappa shape index (κ3) is 2.75. The zero-order valence-electron chi connectivity index (χ0n) is 12.2. The molecule has 22 heavy (non-hydrogen) atoms. The second-order valence-corrected chi connectivity index (χ2v) is 6.43. The summed E-state index contributed by atoms with van der Waals surface area (Å²) in [5.41, 5.74) is 6.37. The van der Waals surface area contributed by atoms with Crippen molar-refractivity contribution in [1.29, 1.82) is 5.26 Å². The van der Waals surface area contributed by atoms with Crippen molar-refractivity contribution in [2.75, 3.05) is 0 Å². The maximum atomic E-state index is 13.4. The minimum Gasteiger partial charge on any atom is -0.392 e. The Morgan fingerprint density at radius 1 is 1.50 bits per heavy atom. The highest BCUT2D eigenvalue weighted by Gasteiger charge is 2.47. The number of hydrogen-bond acceptors (Lipinski definition) is 4. The van der Waals surface area contributed by atoms with Gasteiger partial charge in [-0.25, -0.2) is 0 Å². The van der Waals surface area contributed by atoms with E-state index >= 15 is 0 Å². The molecule has 0 saturated heterocycles. The number of nitrogens with zero attached hydrogens (tertiary/aromatic N) is 2. The van der Waals surface area contributed by atoms with Crippen LogP contribution >= 0.6 is 11.8 Å². The molecule has 0 radical (unpaired) electrons. The summed E-state index contributed by atoms with van der Waals surface area (Å²) in [6.45, 7) is 7.35. The highest BCUT2D eigenvalue weighted by molar-refractivity contribution is 8.06. The normalized spacial score (nSPS) is 22.9. The first kappa shape index (κ1) is 16.6. The Morgan fingerprint density at radius 3 is 2.64 bits per heavy atom. The number of nitrogens with two attached hydrogens (primary N) is 1. The Hall–Kier alpha value is -1.81. The first-order chi connectivity index (χ1) is 10.2. The smallest absolute Gasteiger partial charge is 0.392 e. The Bertz CT molecular complexity index is 635. The standard InChI is InChI=1S/C15H16F3N3S/c1-8(2)21-9(3)10(7-19)14(20)22-12-6-4-5-11(13(12)21)15(16,17)18/h4,6,8,11H,3,5,20H2,1-2H3. The third-order valence-corrected chi connectivity index (χ3v) is 4.54. The minimum atomic E-state index is -4.37. The van der Waals surface area contributed by atoms with Gasteiger partial charge in [-0.2, -0.15) is 18.4 Å². The molecule has 3 nitrogen and oxygen atoms in total. The summed E-state index contributed by atoms with van der Waals surface area (Å²) in [7, 11) is 0. The van der Waals surface area contributed by atoms with E-state index in [0.717, 1.165) is 11.8 Å². The largest absolute Gasteiger partial charge is 0.397 e. The number of rotatable bonds is 1. The summed E-state index contributed by atoms with van der Waals surface area (Å²) >= 11 is 0.994. The average Bonchev–Trinajstić information content (AvgIpc) is 2.49. The molecule has 0 aromatic carbocycles. The number of thioether (sulfide) groups is 1. The van der Waals surface area contributed by atoms with Gasteiger partial charge in [0.05, 0.1) is 16.6 Å².